The highest BCUT2D eigenvalue weighted by Gasteiger charge is 2.11. The number of anilines is 1. The molecule has 0 atom stereocenters. The first-order chi connectivity index (χ1) is 10.3. The zero-order valence-electron chi connectivity index (χ0n) is 13.5. The minimum Gasteiger partial charge on any atom is -0.385 e. The second kappa shape index (κ2) is 6.52. The predicted octanol–water partition coefficient (Wildman–Crippen LogP) is 2.49. The Labute approximate surface area is 132 Å². The van der Waals surface area contributed by atoms with Crippen LogP contribution >= 0.6 is 0 Å². The van der Waals surface area contributed by atoms with Gasteiger partial charge in [-0.1, -0.05) is 6.92 Å². The van der Waals surface area contributed by atoms with Crippen molar-refractivity contribution in [2.24, 2.45) is 7.05 Å². The molecular weight excluding hydrogens is 298 g/mol. The molecule has 0 aliphatic rings. The Hall–Kier alpha value is -1.82. The Balaban J connectivity index is 1.98. The summed E-state index contributed by atoms with van der Waals surface area (Å²) < 4.78 is 25.4. The van der Waals surface area contributed by atoms with Gasteiger partial charge in [0.1, 0.15) is 0 Å². The average molecular weight is 321 g/mol. The maximum atomic E-state index is 11.8. The number of nitrogens with zero attached hydrogens (tertiary/aromatic N) is 2. The van der Waals surface area contributed by atoms with Crippen molar-refractivity contribution in [3.8, 4) is 0 Å². The van der Waals surface area contributed by atoms with Crippen LogP contribution in [0.4, 0.5) is 5.69 Å². The van der Waals surface area contributed by atoms with Crippen LogP contribution in [-0.4, -0.2) is 30.5 Å². The minimum atomic E-state index is -3.13. The Bertz CT molecular complexity index is 746. The van der Waals surface area contributed by atoms with Crippen molar-refractivity contribution >= 4 is 15.5 Å². The molecule has 0 saturated heterocycles. The fraction of sp³-hybridized carbons (Fsp3) is 0.438. The van der Waals surface area contributed by atoms with Crippen LogP contribution in [0.25, 0.3) is 0 Å². The maximum Gasteiger partial charge on any atom is 0.178 e. The highest BCUT2D eigenvalue weighted by atomic mass is 32.2. The monoisotopic (exact) mass is 321 g/mol. The molecule has 1 aromatic carbocycles. The van der Waals surface area contributed by atoms with Gasteiger partial charge in [0, 0.05) is 25.0 Å². The molecule has 0 saturated carbocycles. The lowest BCUT2D eigenvalue weighted by molar-refractivity contribution is 0.597. The third kappa shape index (κ3) is 3.50. The molecule has 5 nitrogen and oxygen atoms in total. The largest absolute Gasteiger partial charge is 0.385 e. The molecule has 1 aromatic heterocycles. The van der Waals surface area contributed by atoms with Crippen LogP contribution in [0.15, 0.2) is 29.2 Å². The van der Waals surface area contributed by atoms with Crippen LogP contribution in [0, 0.1) is 13.8 Å². The van der Waals surface area contributed by atoms with Crippen LogP contribution in [0.2, 0.25) is 0 Å². The van der Waals surface area contributed by atoms with Crippen molar-refractivity contribution in [1.82, 2.24) is 9.78 Å². The topological polar surface area (TPSA) is 64.0 Å². The summed E-state index contributed by atoms with van der Waals surface area (Å²) in [6.07, 6.45) is 0.889. The molecule has 0 amide bonds. The molecule has 2 rings (SSSR count). The zero-order chi connectivity index (χ0) is 16.3. The lowest BCUT2D eigenvalue weighted by Gasteiger charge is -2.08. The molecule has 6 heteroatoms. The molecule has 1 N–H and O–H groups in total. The first-order valence-electron chi connectivity index (χ1n) is 7.41. The van der Waals surface area contributed by atoms with Gasteiger partial charge in [-0.3, -0.25) is 4.68 Å². The lowest BCUT2D eigenvalue weighted by Crippen LogP contribution is -2.07. The summed E-state index contributed by atoms with van der Waals surface area (Å²) in [6, 6.07) is 6.93. The Morgan fingerprint density at radius 1 is 1.18 bits per heavy atom. The number of aryl methyl sites for hydroxylation is 2. The van der Waals surface area contributed by atoms with Crippen molar-refractivity contribution in [2.45, 2.75) is 32.1 Å². The van der Waals surface area contributed by atoms with E-state index in [4.69, 9.17) is 0 Å². The number of benzene rings is 1. The highest BCUT2D eigenvalue weighted by Crippen LogP contribution is 2.16. The van der Waals surface area contributed by atoms with E-state index in [9.17, 15) is 8.42 Å². The Kier molecular flexibility index (Phi) is 4.90. The van der Waals surface area contributed by atoms with Gasteiger partial charge in [0.2, 0.25) is 0 Å². The number of hydrogen-bond acceptors (Lipinski definition) is 4. The number of sulfone groups is 1. The number of aromatic nitrogens is 2. The fourth-order valence-corrected chi connectivity index (χ4v) is 3.34. The van der Waals surface area contributed by atoms with Crippen LogP contribution in [0.1, 0.15) is 23.9 Å². The van der Waals surface area contributed by atoms with Gasteiger partial charge in [0.25, 0.3) is 0 Å². The van der Waals surface area contributed by atoms with Gasteiger partial charge in [-0.2, -0.15) is 5.10 Å². The van der Waals surface area contributed by atoms with Crippen LogP contribution in [-0.2, 0) is 23.3 Å². The first kappa shape index (κ1) is 16.5. The van der Waals surface area contributed by atoms with Crippen molar-refractivity contribution in [3.63, 3.8) is 0 Å². The summed E-state index contributed by atoms with van der Waals surface area (Å²) in [5, 5.41) is 7.73. The third-order valence-corrected chi connectivity index (χ3v) is 5.71. The molecule has 120 valence electrons. The van der Waals surface area contributed by atoms with Gasteiger partial charge in [0.05, 0.1) is 16.3 Å². The van der Waals surface area contributed by atoms with Crippen molar-refractivity contribution < 1.29 is 8.42 Å². The molecule has 0 bridgehead atoms. The van der Waals surface area contributed by atoms with E-state index in [2.05, 4.69) is 17.3 Å². The van der Waals surface area contributed by atoms with Gasteiger partial charge >= 0.3 is 0 Å². The maximum absolute atomic E-state index is 11.8. The number of hydrogen-bond donors (Lipinski definition) is 1. The van der Waals surface area contributed by atoms with Gasteiger partial charge in [-0.25, -0.2) is 8.42 Å². The van der Waals surface area contributed by atoms with E-state index in [1.54, 1.807) is 19.1 Å². The predicted molar refractivity (Wildman–Crippen MR) is 89.0 cm³/mol. The summed E-state index contributed by atoms with van der Waals surface area (Å²) in [5.41, 5.74) is 4.43. The van der Waals surface area contributed by atoms with Gasteiger partial charge < -0.3 is 5.32 Å². The molecular formula is C16H23N3O2S. The van der Waals surface area contributed by atoms with E-state index in [1.807, 2.05) is 30.8 Å². The van der Waals surface area contributed by atoms with E-state index in [0.717, 1.165) is 24.3 Å². The van der Waals surface area contributed by atoms with Crippen LogP contribution in [0.5, 0.6) is 0 Å². The molecule has 0 aliphatic heterocycles. The van der Waals surface area contributed by atoms with E-state index in [0.29, 0.717) is 4.90 Å². The molecule has 0 spiro atoms. The van der Waals surface area contributed by atoms with E-state index < -0.39 is 9.84 Å². The molecule has 0 unspecified atom stereocenters. The summed E-state index contributed by atoms with van der Waals surface area (Å²) in [4.78, 5) is 0.375. The SMILES string of the molecule is CCS(=O)(=O)c1ccc(NCCc2c(C)nn(C)c2C)cc1. The first-order valence-corrected chi connectivity index (χ1v) is 9.06. The van der Waals surface area contributed by atoms with Crippen molar-refractivity contribution in [3.05, 3.63) is 41.2 Å². The summed E-state index contributed by atoms with van der Waals surface area (Å²) in [7, 11) is -1.18. The van der Waals surface area contributed by atoms with Crippen LogP contribution < -0.4 is 5.32 Å². The van der Waals surface area contributed by atoms with Crippen molar-refractivity contribution in [2.75, 3.05) is 17.6 Å². The van der Waals surface area contributed by atoms with Gasteiger partial charge in [-0.05, 0) is 50.1 Å². The Morgan fingerprint density at radius 3 is 2.32 bits per heavy atom. The second-order valence-corrected chi connectivity index (χ2v) is 7.66. The quantitative estimate of drug-likeness (QED) is 0.888. The van der Waals surface area contributed by atoms with Crippen molar-refractivity contribution in [1.29, 1.82) is 0 Å². The highest BCUT2D eigenvalue weighted by molar-refractivity contribution is 7.91. The average Bonchev–Trinajstić information content (AvgIpc) is 2.74. The number of nitrogens with one attached hydrogen (secondary N) is 1. The molecule has 2 aromatic rings. The molecule has 22 heavy (non-hydrogen) atoms. The third-order valence-electron chi connectivity index (χ3n) is 3.96. The van der Waals surface area contributed by atoms with Gasteiger partial charge in [0.15, 0.2) is 9.84 Å². The summed E-state index contributed by atoms with van der Waals surface area (Å²) in [6.45, 7) is 6.53. The Morgan fingerprint density at radius 2 is 1.82 bits per heavy atom. The molecule has 0 aliphatic carbocycles. The standard InChI is InChI=1S/C16H23N3O2S/c1-5-22(20,21)15-8-6-14(7-9-15)17-11-10-16-12(2)18-19(4)13(16)3/h6-9,17H,5,10-11H2,1-4H3. The zero-order valence-corrected chi connectivity index (χ0v) is 14.4. The smallest absolute Gasteiger partial charge is 0.178 e. The fourth-order valence-electron chi connectivity index (χ4n) is 2.46. The summed E-state index contributed by atoms with van der Waals surface area (Å²) in [5.74, 6) is 0.124. The normalized spacial score (nSPS) is 11.6. The van der Waals surface area contributed by atoms with E-state index >= 15 is 0 Å². The minimum absolute atomic E-state index is 0.124. The molecule has 0 fully saturated rings. The summed E-state index contributed by atoms with van der Waals surface area (Å²) >= 11 is 0. The number of rotatable bonds is 6. The molecule has 0 radical (unpaired) electrons. The van der Waals surface area contributed by atoms with Gasteiger partial charge in [-0.15, -0.1) is 0 Å². The lowest BCUT2D eigenvalue weighted by atomic mass is 10.1. The molecule has 1 heterocycles. The van der Waals surface area contributed by atoms with E-state index in [1.165, 1.54) is 11.3 Å². The second-order valence-electron chi connectivity index (χ2n) is 5.38. The van der Waals surface area contributed by atoms with E-state index in [-0.39, 0.29) is 5.75 Å². The van der Waals surface area contributed by atoms with Crippen LogP contribution in [0.3, 0.4) is 0 Å².